The summed E-state index contributed by atoms with van der Waals surface area (Å²) in [7, 11) is 1.84. The van der Waals surface area contributed by atoms with Gasteiger partial charge >= 0.3 is 0 Å². The predicted molar refractivity (Wildman–Crippen MR) is 94.9 cm³/mol. The fourth-order valence-electron chi connectivity index (χ4n) is 3.13. The van der Waals surface area contributed by atoms with Crippen molar-refractivity contribution in [3.63, 3.8) is 0 Å². The molecule has 118 valence electrons. The van der Waals surface area contributed by atoms with Gasteiger partial charge in [0, 0.05) is 26.7 Å². The number of hydrogen-bond acceptors (Lipinski definition) is 2. The molecule has 1 aliphatic heterocycles. The molecule has 0 amide bonds. The quantitative estimate of drug-likeness (QED) is 0.315. The van der Waals surface area contributed by atoms with Crippen LogP contribution in [0.2, 0.25) is 0 Å². The second-order valence-corrected chi connectivity index (χ2v) is 5.81. The summed E-state index contributed by atoms with van der Waals surface area (Å²) in [6.45, 7) is 2.82. The minimum Gasteiger partial charge on any atom is -0.376 e. The maximum atomic E-state index is 5.60. The summed E-state index contributed by atoms with van der Waals surface area (Å²) in [6, 6.07) is 0. The van der Waals surface area contributed by atoms with Gasteiger partial charge in [-0.3, -0.25) is 4.99 Å². The molecule has 1 unspecified atom stereocenters. The van der Waals surface area contributed by atoms with Crippen LogP contribution in [0.25, 0.3) is 0 Å². The van der Waals surface area contributed by atoms with E-state index in [1.807, 2.05) is 7.05 Å². The Morgan fingerprint density at radius 2 is 1.95 bits per heavy atom. The average Bonchev–Trinajstić information content (AvgIpc) is 3.11. The first-order valence-corrected chi connectivity index (χ1v) is 7.94. The van der Waals surface area contributed by atoms with Crippen LogP contribution in [-0.2, 0) is 4.74 Å². The van der Waals surface area contributed by atoms with E-state index in [9.17, 15) is 0 Å². The fourth-order valence-corrected chi connectivity index (χ4v) is 3.13. The molecule has 1 heterocycles. The standard InChI is InChI=1S/C15H29N3O.HI/c1-16-15(18-12-14-9-5-11-19-14)17-10-4-8-13-6-2-3-7-13;/h13-14H,2-12H2,1H3,(H2,16,17,18);1H. The first-order chi connectivity index (χ1) is 9.38. The summed E-state index contributed by atoms with van der Waals surface area (Å²) in [5.74, 6) is 1.91. The van der Waals surface area contributed by atoms with E-state index >= 15 is 0 Å². The van der Waals surface area contributed by atoms with Gasteiger partial charge in [-0.1, -0.05) is 25.7 Å². The minimum atomic E-state index is 0. The van der Waals surface area contributed by atoms with Crippen molar-refractivity contribution in [2.45, 2.75) is 57.5 Å². The van der Waals surface area contributed by atoms with Crippen LogP contribution < -0.4 is 10.6 Å². The molecule has 1 saturated carbocycles. The summed E-state index contributed by atoms with van der Waals surface area (Å²) >= 11 is 0. The van der Waals surface area contributed by atoms with E-state index in [1.165, 1.54) is 51.4 Å². The van der Waals surface area contributed by atoms with Gasteiger partial charge in [0.25, 0.3) is 0 Å². The molecule has 0 spiro atoms. The van der Waals surface area contributed by atoms with E-state index in [0.29, 0.717) is 6.10 Å². The highest BCUT2D eigenvalue weighted by Crippen LogP contribution is 2.28. The largest absolute Gasteiger partial charge is 0.376 e. The summed E-state index contributed by atoms with van der Waals surface area (Å²) in [4.78, 5) is 4.26. The van der Waals surface area contributed by atoms with Gasteiger partial charge in [-0.15, -0.1) is 24.0 Å². The molecule has 20 heavy (non-hydrogen) atoms. The van der Waals surface area contributed by atoms with Crippen LogP contribution in [0.4, 0.5) is 0 Å². The Morgan fingerprint density at radius 1 is 1.15 bits per heavy atom. The van der Waals surface area contributed by atoms with Crippen molar-refractivity contribution in [1.82, 2.24) is 10.6 Å². The number of halogens is 1. The Balaban J connectivity index is 0.00000200. The number of nitrogens with zero attached hydrogens (tertiary/aromatic N) is 1. The molecular weight excluding hydrogens is 365 g/mol. The number of nitrogens with one attached hydrogen (secondary N) is 2. The Morgan fingerprint density at radius 3 is 2.60 bits per heavy atom. The van der Waals surface area contributed by atoms with E-state index in [-0.39, 0.29) is 24.0 Å². The van der Waals surface area contributed by atoms with Gasteiger partial charge in [-0.25, -0.2) is 0 Å². The molecule has 1 saturated heterocycles. The van der Waals surface area contributed by atoms with Crippen molar-refractivity contribution >= 4 is 29.9 Å². The smallest absolute Gasteiger partial charge is 0.191 e. The van der Waals surface area contributed by atoms with Gasteiger partial charge in [0.1, 0.15) is 0 Å². The van der Waals surface area contributed by atoms with E-state index in [2.05, 4.69) is 15.6 Å². The lowest BCUT2D eigenvalue weighted by Crippen LogP contribution is -2.41. The van der Waals surface area contributed by atoms with Crippen molar-refractivity contribution in [3.05, 3.63) is 0 Å². The second-order valence-electron chi connectivity index (χ2n) is 5.81. The average molecular weight is 395 g/mol. The van der Waals surface area contributed by atoms with Crippen LogP contribution in [0.15, 0.2) is 4.99 Å². The molecule has 0 aromatic heterocycles. The first kappa shape index (κ1) is 18.0. The molecule has 4 nitrogen and oxygen atoms in total. The number of guanidine groups is 1. The third-order valence-electron chi connectivity index (χ3n) is 4.30. The van der Waals surface area contributed by atoms with Crippen molar-refractivity contribution in [1.29, 1.82) is 0 Å². The third-order valence-corrected chi connectivity index (χ3v) is 4.30. The molecule has 0 bridgehead atoms. The van der Waals surface area contributed by atoms with Crippen LogP contribution >= 0.6 is 24.0 Å². The van der Waals surface area contributed by atoms with Crippen LogP contribution in [0, 0.1) is 5.92 Å². The topological polar surface area (TPSA) is 45.7 Å². The predicted octanol–water partition coefficient (Wildman–Crippen LogP) is 2.92. The van der Waals surface area contributed by atoms with E-state index in [1.54, 1.807) is 0 Å². The van der Waals surface area contributed by atoms with Gasteiger partial charge in [0.15, 0.2) is 5.96 Å². The summed E-state index contributed by atoms with van der Waals surface area (Å²) in [6.07, 6.45) is 11.2. The molecular formula is C15H30IN3O. The lowest BCUT2D eigenvalue weighted by molar-refractivity contribution is 0.114. The van der Waals surface area contributed by atoms with E-state index < -0.39 is 0 Å². The SMILES string of the molecule is CN=C(NCCCC1CCCC1)NCC1CCCO1.I. The zero-order valence-corrected chi connectivity index (χ0v) is 15.0. The maximum Gasteiger partial charge on any atom is 0.191 e. The zero-order chi connectivity index (χ0) is 13.3. The minimum absolute atomic E-state index is 0. The maximum absolute atomic E-state index is 5.60. The second kappa shape index (κ2) is 10.7. The molecule has 2 N–H and O–H groups in total. The highest BCUT2D eigenvalue weighted by Gasteiger charge is 2.16. The molecule has 2 aliphatic rings. The van der Waals surface area contributed by atoms with Gasteiger partial charge < -0.3 is 15.4 Å². The van der Waals surface area contributed by atoms with Gasteiger partial charge in [0.2, 0.25) is 0 Å². The Labute approximate surface area is 140 Å². The number of rotatable bonds is 6. The monoisotopic (exact) mass is 395 g/mol. The summed E-state index contributed by atoms with van der Waals surface area (Å²) in [5, 5.41) is 6.75. The van der Waals surface area contributed by atoms with Gasteiger partial charge in [-0.05, 0) is 31.6 Å². The summed E-state index contributed by atoms with van der Waals surface area (Å²) in [5.41, 5.74) is 0. The summed E-state index contributed by atoms with van der Waals surface area (Å²) < 4.78 is 5.60. The Kier molecular flexibility index (Phi) is 9.59. The molecule has 0 aromatic carbocycles. The molecule has 1 aliphatic carbocycles. The lowest BCUT2D eigenvalue weighted by Gasteiger charge is -2.15. The van der Waals surface area contributed by atoms with E-state index in [0.717, 1.165) is 31.6 Å². The van der Waals surface area contributed by atoms with Gasteiger partial charge in [0.05, 0.1) is 6.10 Å². The highest BCUT2D eigenvalue weighted by molar-refractivity contribution is 14.0. The molecule has 0 radical (unpaired) electrons. The van der Waals surface area contributed by atoms with Crippen LogP contribution in [0.5, 0.6) is 0 Å². The third kappa shape index (κ3) is 6.61. The van der Waals surface area contributed by atoms with Crippen molar-refractivity contribution in [2.75, 3.05) is 26.7 Å². The van der Waals surface area contributed by atoms with Crippen LogP contribution in [-0.4, -0.2) is 38.8 Å². The van der Waals surface area contributed by atoms with Crippen molar-refractivity contribution in [2.24, 2.45) is 10.9 Å². The molecule has 0 aromatic rings. The zero-order valence-electron chi connectivity index (χ0n) is 12.7. The molecule has 2 fully saturated rings. The number of aliphatic imine (C=N–C) groups is 1. The number of hydrogen-bond donors (Lipinski definition) is 2. The molecule has 2 rings (SSSR count). The Hall–Kier alpha value is -0.0400. The van der Waals surface area contributed by atoms with Crippen molar-refractivity contribution < 1.29 is 4.74 Å². The lowest BCUT2D eigenvalue weighted by atomic mass is 10.0. The molecule has 5 heteroatoms. The van der Waals surface area contributed by atoms with Crippen LogP contribution in [0.1, 0.15) is 51.4 Å². The first-order valence-electron chi connectivity index (χ1n) is 7.94. The normalized spacial score (nSPS) is 23.6. The fraction of sp³-hybridized carbons (Fsp3) is 0.933. The van der Waals surface area contributed by atoms with Gasteiger partial charge in [-0.2, -0.15) is 0 Å². The Bertz CT molecular complexity index is 274. The molecule has 1 atom stereocenters. The number of ether oxygens (including phenoxy) is 1. The van der Waals surface area contributed by atoms with Crippen molar-refractivity contribution in [3.8, 4) is 0 Å². The van der Waals surface area contributed by atoms with Crippen LogP contribution in [0.3, 0.4) is 0 Å². The highest BCUT2D eigenvalue weighted by atomic mass is 127. The van der Waals surface area contributed by atoms with E-state index in [4.69, 9.17) is 4.74 Å².